The summed E-state index contributed by atoms with van der Waals surface area (Å²) in [6.07, 6.45) is 4.54. The molecule has 2 saturated heterocycles. The fourth-order valence-corrected chi connectivity index (χ4v) is 5.59. The average Bonchev–Trinajstić information content (AvgIpc) is 3.55. The largest absolute Gasteiger partial charge is 0.378 e. The molecule has 0 radical (unpaired) electrons. The molecule has 6 rings (SSSR count). The van der Waals surface area contributed by atoms with Crippen molar-refractivity contribution in [3.8, 4) is 11.3 Å². The maximum Gasteiger partial charge on any atom is 0.244 e. The van der Waals surface area contributed by atoms with Crippen molar-refractivity contribution in [2.45, 2.75) is 6.54 Å². The predicted molar refractivity (Wildman–Crippen MR) is 136 cm³/mol. The summed E-state index contributed by atoms with van der Waals surface area (Å²) in [7, 11) is -3.27. The van der Waals surface area contributed by atoms with Gasteiger partial charge in [-0.25, -0.2) is 23.1 Å². The van der Waals surface area contributed by atoms with E-state index in [1.165, 1.54) is 10.6 Å². The SMILES string of the molecule is CS(=O)(=O)N1CCN(C(=O)Cn2ncc3c(-c4ccc5[nH]cnc5c4)nc(N4CCOCC4)nc32)CC1. The fourth-order valence-electron chi connectivity index (χ4n) is 4.76. The zero-order chi connectivity index (χ0) is 25.6. The average molecular weight is 526 g/mol. The molecule has 2 fully saturated rings. The smallest absolute Gasteiger partial charge is 0.244 e. The number of morpholine rings is 1. The van der Waals surface area contributed by atoms with Crippen LogP contribution in [-0.4, -0.2) is 112 Å². The predicted octanol–water partition coefficient (Wildman–Crippen LogP) is 0.310. The number of benzene rings is 1. The van der Waals surface area contributed by atoms with Crippen molar-refractivity contribution in [1.29, 1.82) is 0 Å². The van der Waals surface area contributed by atoms with Crippen LogP contribution < -0.4 is 4.90 Å². The zero-order valence-electron chi connectivity index (χ0n) is 20.4. The molecule has 194 valence electrons. The quantitative estimate of drug-likeness (QED) is 0.389. The Morgan fingerprint density at radius 1 is 1.08 bits per heavy atom. The third-order valence-electron chi connectivity index (χ3n) is 6.82. The van der Waals surface area contributed by atoms with E-state index in [2.05, 4.69) is 20.0 Å². The van der Waals surface area contributed by atoms with Gasteiger partial charge in [-0.15, -0.1) is 0 Å². The molecule has 5 heterocycles. The summed E-state index contributed by atoms with van der Waals surface area (Å²) < 4.78 is 32.1. The lowest BCUT2D eigenvalue weighted by atomic mass is 10.1. The minimum Gasteiger partial charge on any atom is -0.378 e. The van der Waals surface area contributed by atoms with Gasteiger partial charge in [0, 0.05) is 44.8 Å². The molecule has 3 aromatic heterocycles. The highest BCUT2D eigenvalue weighted by Gasteiger charge is 2.27. The van der Waals surface area contributed by atoms with Gasteiger partial charge in [0.1, 0.15) is 6.54 Å². The monoisotopic (exact) mass is 525 g/mol. The summed E-state index contributed by atoms with van der Waals surface area (Å²) in [6, 6.07) is 5.92. The second-order valence-electron chi connectivity index (χ2n) is 9.19. The number of sulfonamides is 1. The van der Waals surface area contributed by atoms with Crippen molar-refractivity contribution in [3.63, 3.8) is 0 Å². The van der Waals surface area contributed by atoms with Gasteiger partial charge in [-0.05, 0) is 12.1 Å². The van der Waals surface area contributed by atoms with Gasteiger partial charge in [-0.1, -0.05) is 6.07 Å². The first-order chi connectivity index (χ1) is 17.9. The lowest BCUT2D eigenvalue weighted by Crippen LogP contribution is -2.51. The van der Waals surface area contributed by atoms with Crippen LogP contribution in [0.3, 0.4) is 0 Å². The molecule has 14 heteroatoms. The molecule has 0 unspecified atom stereocenters. The number of piperazine rings is 1. The van der Waals surface area contributed by atoms with Crippen molar-refractivity contribution < 1.29 is 17.9 Å². The summed E-state index contributed by atoms with van der Waals surface area (Å²) in [5.41, 5.74) is 3.92. The normalized spacial score (nSPS) is 17.6. The number of aromatic nitrogens is 6. The fraction of sp³-hybridized carbons (Fsp3) is 0.435. The molecular weight excluding hydrogens is 498 g/mol. The molecule has 2 aliphatic heterocycles. The molecule has 1 amide bonds. The van der Waals surface area contributed by atoms with E-state index < -0.39 is 10.0 Å². The zero-order valence-corrected chi connectivity index (χ0v) is 21.2. The van der Waals surface area contributed by atoms with E-state index in [0.29, 0.717) is 51.0 Å². The molecule has 37 heavy (non-hydrogen) atoms. The van der Waals surface area contributed by atoms with Crippen molar-refractivity contribution in [2.75, 3.05) is 63.6 Å². The summed E-state index contributed by atoms with van der Waals surface area (Å²) in [5.74, 6) is 0.424. The van der Waals surface area contributed by atoms with Crippen LogP contribution in [0.15, 0.2) is 30.7 Å². The minimum absolute atomic E-state index is 0.000218. The first kappa shape index (κ1) is 23.8. The number of imidazole rings is 1. The Labute approximate surface area is 213 Å². The highest BCUT2D eigenvalue weighted by molar-refractivity contribution is 7.88. The Bertz CT molecular complexity index is 1570. The summed E-state index contributed by atoms with van der Waals surface area (Å²) in [4.78, 5) is 34.1. The van der Waals surface area contributed by atoms with Gasteiger partial charge in [0.15, 0.2) is 5.65 Å². The maximum absolute atomic E-state index is 13.1. The van der Waals surface area contributed by atoms with Crippen LogP contribution in [0.4, 0.5) is 5.95 Å². The molecule has 4 aromatic rings. The van der Waals surface area contributed by atoms with Crippen LogP contribution in [0.2, 0.25) is 0 Å². The number of fused-ring (bicyclic) bond motifs is 2. The Hall–Kier alpha value is -3.62. The first-order valence-corrected chi connectivity index (χ1v) is 13.9. The van der Waals surface area contributed by atoms with E-state index in [0.717, 1.165) is 27.7 Å². The van der Waals surface area contributed by atoms with E-state index in [4.69, 9.17) is 14.7 Å². The van der Waals surface area contributed by atoms with Crippen LogP contribution in [0.1, 0.15) is 0 Å². The summed E-state index contributed by atoms with van der Waals surface area (Å²) in [5, 5.41) is 5.24. The molecule has 0 bridgehead atoms. The van der Waals surface area contributed by atoms with Crippen molar-refractivity contribution in [2.24, 2.45) is 0 Å². The number of aromatic amines is 1. The number of ether oxygens (including phenoxy) is 1. The van der Waals surface area contributed by atoms with Crippen LogP contribution in [0, 0.1) is 0 Å². The van der Waals surface area contributed by atoms with E-state index >= 15 is 0 Å². The molecule has 1 aromatic carbocycles. The van der Waals surface area contributed by atoms with Gasteiger partial charge in [0.2, 0.25) is 21.9 Å². The Morgan fingerprint density at radius 3 is 2.62 bits per heavy atom. The lowest BCUT2D eigenvalue weighted by molar-refractivity contribution is -0.133. The number of nitrogens with zero attached hydrogens (tertiary/aromatic N) is 8. The second-order valence-corrected chi connectivity index (χ2v) is 11.2. The number of nitrogens with one attached hydrogen (secondary N) is 1. The maximum atomic E-state index is 13.1. The number of hydrogen-bond donors (Lipinski definition) is 1. The second kappa shape index (κ2) is 9.36. The van der Waals surface area contributed by atoms with Gasteiger partial charge in [-0.3, -0.25) is 4.79 Å². The van der Waals surface area contributed by atoms with Gasteiger partial charge in [0.05, 0.1) is 54.1 Å². The number of rotatable bonds is 5. The third-order valence-corrected chi connectivity index (χ3v) is 8.12. The molecule has 0 spiro atoms. The molecule has 1 N–H and O–H groups in total. The standard InChI is InChI=1S/C23H27N9O4S/c1-37(34,35)31-6-4-29(5-7-31)20(33)14-32-22-17(13-26-32)21(16-2-3-18-19(12-16)25-15-24-18)27-23(28-22)30-8-10-36-11-9-30/h2-3,12-13,15H,4-11,14H2,1H3,(H,24,25). The van der Waals surface area contributed by atoms with Gasteiger partial charge in [0.25, 0.3) is 0 Å². The minimum atomic E-state index is -3.27. The van der Waals surface area contributed by atoms with E-state index in [-0.39, 0.29) is 25.5 Å². The third kappa shape index (κ3) is 4.63. The first-order valence-electron chi connectivity index (χ1n) is 12.1. The van der Waals surface area contributed by atoms with Gasteiger partial charge >= 0.3 is 0 Å². The van der Waals surface area contributed by atoms with E-state index in [1.54, 1.807) is 22.1 Å². The Balaban J connectivity index is 1.34. The van der Waals surface area contributed by atoms with Crippen LogP contribution in [0.25, 0.3) is 33.3 Å². The molecular formula is C23H27N9O4S. The van der Waals surface area contributed by atoms with E-state index in [9.17, 15) is 13.2 Å². The van der Waals surface area contributed by atoms with Crippen LogP contribution in [0.5, 0.6) is 0 Å². The molecule has 2 aliphatic rings. The Morgan fingerprint density at radius 2 is 1.86 bits per heavy atom. The number of carbonyl (C=O) groups is 1. The van der Waals surface area contributed by atoms with Crippen LogP contribution in [-0.2, 0) is 26.1 Å². The lowest BCUT2D eigenvalue weighted by Gasteiger charge is -2.33. The van der Waals surface area contributed by atoms with E-state index in [1.807, 2.05) is 18.2 Å². The highest BCUT2D eigenvalue weighted by Crippen LogP contribution is 2.30. The van der Waals surface area contributed by atoms with Crippen molar-refractivity contribution in [1.82, 2.24) is 38.9 Å². The van der Waals surface area contributed by atoms with Crippen LogP contribution >= 0.6 is 0 Å². The number of amides is 1. The number of carbonyl (C=O) groups excluding carboxylic acids is 1. The van der Waals surface area contributed by atoms with Crippen molar-refractivity contribution >= 4 is 43.9 Å². The molecule has 0 atom stereocenters. The topological polar surface area (TPSA) is 142 Å². The molecule has 0 saturated carbocycles. The van der Waals surface area contributed by atoms with Crippen molar-refractivity contribution in [3.05, 3.63) is 30.7 Å². The number of anilines is 1. The van der Waals surface area contributed by atoms with Gasteiger partial charge < -0.3 is 19.5 Å². The summed E-state index contributed by atoms with van der Waals surface area (Å²) in [6.45, 7) is 3.77. The van der Waals surface area contributed by atoms with Gasteiger partial charge in [-0.2, -0.15) is 14.4 Å². The Kier molecular flexibility index (Phi) is 6.01. The number of hydrogen-bond acceptors (Lipinski definition) is 9. The molecule has 13 nitrogen and oxygen atoms in total. The number of H-pyrrole nitrogens is 1. The molecule has 0 aliphatic carbocycles. The highest BCUT2D eigenvalue weighted by atomic mass is 32.2. The summed E-state index contributed by atoms with van der Waals surface area (Å²) >= 11 is 0.